The lowest BCUT2D eigenvalue weighted by molar-refractivity contribution is -0.676. The first-order valence-corrected chi connectivity index (χ1v) is 8.57. The number of nitrogens with zero attached hydrogens (tertiary/aromatic N) is 3. The van der Waals surface area contributed by atoms with Crippen molar-refractivity contribution in [2.75, 3.05) is 0 Å². The van der Waals surface area contributed by atoms with Crippen LogP contribution in [-0.2, 0) is 24.2 Å². The van der Waals surface area contributed by atoms with Gasteiger partial charge in [0.05, 0.1) is 11.9 Å². The third-order valence-electron chi connectivity index (χ3n) is 3.21. The zero-order valence-electron chi connectivity index (χ0n) is 14.2. The Balaban J connectivity index is 0.000000185. The van der Waals surface area contributed by atoms with Gasteiger partial charge in [-0.1, -0.05) is 18.2 Å². The monoisotopic (exact) mass is 350 g/mol. The summed E-state index contributed by atoms with van der Waals surface area (Å²) >= 11 is 0. The molecule has 1 aromatic carbocycles. The minimum atomic E-state index is -4.25. The Kier molecular flexibility index (Phi) is 7.34. The van der Waals surface area contributed by atoms with Gasteiger partial charge in [-0.3, -0.25) is 0 Å². The van der Waals surface area contributed by atoms with E-state index in [1.54, 1.807) is 12.3 Å². The molecular formula is C16H22N4O3S. The van der Waals surface area contributed by atoms with E-state index in [4.69, 9.17) is 0 Å². The number of aromatic nitrogens is 4. The maximum absolute atomic E-state index is 10.3. The van der Waals surface area contributed by atoms with E-state index < -0.39 is 10.1 Å². The first-order valence-electron chi connectivity index (χ1n) is 7.16. The van der Waals surface area contributed by atoms with Crippen LogP contribution in [0.25, 0.3) is 0 Å². The van der Waals surface area contributed by atoms with E-state index in [2.05, 4.69) is 9.97 Å². The van der Waals surface area contributed by atoms with Crippen molar-refractivity contribution in [3.63, 3.8) is 0 Å². The highest BCUT2D eigenvalue weighted by Gasteiger charge is 1.96. The molecule has 2 aromatic heterocycles. The van der Waals surface area contributed by atoms with Crippen molar-refractivity contribution in [2.45, 2.75) is 18.7 Å². The van der Waals surface area contributed by atoms with Crippen molar-refractivity contribution in [1.29, 1.82) is 0 Å². The Morgan fingerprint density at radius 1 is 1.21 bits per heavy atom. The van der Waals surface area contributed by atoms with Gasteiger partial charge in [0.15, 0.2) is 0 Å². The number of hydrogen-bond donors (Lipinski definition) is 1. The van der Waals surface area contributed by atoms with Crippen LogP contribution in [0.3, 0.4) is 0 Å². The summed E-state index contributed by atoms with van der Waals surface area (Å²) in [4.78, 5) is 6.83. The summed E-state index contributed by atoms with van der Waals surface area (Å²) in [5.74, 6) is 2.24. The second-order valence-electron chi connectivity index (χ2n) is 5.01. The fraction of sp³-hybridized carbons (Fsp3) is 0.250. The molecule has 3 aromatic rings. The Labute approximate surface area is 142 Å². The van der Waals surface area contributed by atoms with E-state index in [1.165, 1.54) is 30.1 Å². The van der Waals surface area contributed by atoms with Crippen LogP contribution in [0.5, 0.6) is 0 Å². The molecule has 0 fully saturated rings. The highest BCUT2D eigenvalue weighted by atomic mass is 32.2. The molecule has 0 aliphatic heterocycles. The Bertz CT molecular complexity index is 768. The Hall–Kier alpha value is -2.45. The number of rotatable bonds is 1. The number of aromatic amines is 1. The van der Waals surface area contributed by atoms with E-state index in [0.717, 1.165) is 5.82 Å². The molecule has 24 heavy (non-hydrogen) atoms. The lowest BCUT2D eigenvalue weighted by Crippen LogP contribution is -2.27. The average molecular weight is 350 g/mol. The summed E-state index contributed by atoms with van der Waals surface area (Å²) in [6.45, 7) is 4.00. The highest BCUT2D eigenvalue weighted by molar-refractivity contribution is 7.85. The van der Waals surface area contributed by atoms with Crippen molar-refractivity contribution in [3.8, 4) is 0 Å². The molecule has 7 nitrogen and oxygen atoms in total. The van der Waals surface area contributed by atoms with E-state index in [9.17, 15) is 13.0 Å². The molecule has 8 heteroatoms. The number of nitrogens with one attached hydrogen (secondary N) is 1. The first-order chi connectivity index (χ1) is 11.2. The predicted molar refractivity (Wildman–Crippen MR) is 89.1 cm³/mol. The quantitative estimate of drug-likeness (QED) is 0.531. The summed E-state index contributed by atoms with van der Waals surface area (Å²) in [5.41, 5.74) is 0. The lowest BCUT2D eigenvalue weighted by atomic mass is 10.4. The van der Waals surface area contributed by atoms with E-state index in [0.29, 0.717) is 0 Å². The van der Waals surface area contributed by atoms with Crippen molar-refractivity contribution >= 4 is 10.1 Å². The average Bonchev–Trinajstić information content (AvgIpc) is 3.09. The van der Waals surface area contributed by atoms with Crippen LogP contribution in [0, 0.1) is 13.8 Å². The van der Waals surface area contributed by atoms with Crippen molar-refractivity contribution < 1.29 is 17.5 Å². The van der Waals surface area contributed by atoms with E-state index in [-0.39, 0.29) is 4.90 Å². The molecule has 0 radical (unpaired) electrons. The number of H-pyrrole nitrogens is 1. The first kappa shape index (κ1) is 19.6. The number of aryl methyl sites for hydroxylation is 4. The molecule has 0 aliphatic rings. The van der Waals surface area contributed by atoms with Gasteiger partial charge < -0.3 is 9.12 Å². The molecular weight excluding hydrogens is 328 g/mol. The highest BCUT2D eigenvalue weighted by Crippen LogP contribution is 2.04. The second kappa shape index (κ2) is 8.99. The van der Waals surface area contributed by atoms with Gasteiger partial charge in [-0.15, -0.1) is 0 Å². The van der Waals surface area contributed by atoms with Crippen LogP contribution in [0.4, 0.5) is 0 Å². The molecule has 0 bridgehead atoms. The topological polar surface area (TPSA) is 94.7 Å². The third-order valence-corrected chi connectivity index (χ3v) is 4.06. The zero-order valence-corrected chi connectivity index (χ0v) is 15.0. The van der Waals surface area contributed by atoms with Gasteiger partial charge in [0.2, 0.25) is 0 Å². The van der Waals surface area contributed by atoms with Gasteiger partial charge in [0.25, 0.3) is 5.82 Å². The predicted octanol–water partition coefficient (Wildman–Crippen LogP) is 1.47. The molecule has 0 saturated heterocycles. The van der Waals surface area contributed by atoms with Gasteiger partial charge in [-0.25, -0.2) is 23.0 Å². The van der Waals surface area contributed by atoms with Crippen LogP contribution >= 0.6 is 0 Å². The van der Waals surface area contributed by atoms with Gasteiger partial charge in [0.1, 0.15) is 28.3 Å². The molecule has 0 saturated carbocycles. The minimum absolute atomic E-state index is 0.185. The van der Waals surface area contributed by atoms with Crippen LogP contribution in [0.2, 0.25) is 0 Å². The summed E-state index contributed by atoms with van der Waals surface area (Å²) in [5, 5.41) is 0. The number of hydrogen-bond acceptors (Lipinski definition) is 4. The summed E-state index contributed by atoms with van der Waals surface area (Å²) in [7, 11) is -0.272. The smallest absolute Gasteiger partial charge is 0.250 e. The maximum atomic E-state index is 10.3. The largest absolute Gasteiger partial charge is 0.744 e. The molecule has 130 valence electrons. The number of imidazole rings is 2. The molecule has 0 amide bonds. The van der Waals surface area contributed by atoms with Gasteiger partial charge in [0, 0.05) is 26.4 Å². The van der Waals surface area contributed by atoms with Gasteiger partial charge >= 0.3 is 0 Å². The van der Waals surface area contributed by atoms with Crippen molar-refractivity contribution in [3.05, 3.63) is 66.8 Å². The van der Waals surface area contributed by atoms with Crippen molar-refractivity contribution in [2.24, 2.45) is 14.1 Å². The molecule has 3 rings (SSSR count). The maximum Gasteiger partial charge on any atom is 0.250 e. The molecule has 0 unspecified atom stereocenters. The molecule has 0 aliphatic carbocycles. The van der Waals surface area contributed by atoms with Gasteiger partial charge in [-0.05, 0) is 19.1 Å². The fourth-order valence-electron chi connectivity index (χ4n) is 1.51. The minimum Gasteiger partial charge on any atom is -0.744 e. The van der Waals surface area contributed by atoms with Crippen LogP contribution in [0.15, 0.2) is 60.0 Å². The molecule has 0 spiro atoms. The van der Waals surface area contributed by atoms with Crippen molar-refractivity contribution in [1.82, 2.24) is 14.5 Å². The second-order valence-corrected chi connectivity index (χ2v) is 6.39. The summed E-state index contributed by atoms with van der Waals surface area (Å²) < 4.78 is 34.8. The summed E-state index contributed by atoms with van der Waals surface area (Å²) in [6, 6.07) is 7.19. The van der Waals surface area contributed by atoms with E-state index in [1.807, 2.05) is 55.7 Å². The SMILES string of the molecule is Cc1[nH]cc[n+]1C.Cc1nccn1C.O=S(=O)([O-])c1ccccc1. The number of benzene rings is 1. The van der Waals surface area contributed by atoms with E-state index >= 15 is 0 Å². The molecule has 0 atom stereocenters. The van der Waals surface area contributed by atoms with Crippen LogP contribution < -0.4 is 4.57 Å². The van der Waals surface area contributed by atoms with Crippen LogP contribution in [0.1, 0.15) is 11.6 Å². The lowest BCUT2D eigenvalue weighted by Gasteiger charge is -2.04. The summed E-state index contributed by atoms with van der Waals surface area (Å²) in [6.07, 6.45) is 7.61. The van der Waals surface area contributed by atoms with Crippen LogP contribution in [-0.4, -0.2) is 27.5 Å². The Morgan fingerprint density at radius 3 is 2.04 bits per heavy atom. The zero-order chi connectivity index (χ0) is 18.2. The molecule has 1 N–H and O–H groups in total. The normalized spacial score (nSPS) is 10.2. The van der Waals surface area contributed by atoms with Gasteiger partial charge in [-0.2, -0.15) is 0 Å². The standard InChI is InChI=1S/C6H6O3S.2C5H8N2/c7-10(8,9)6-4-2-1-3-5-6;2*1-5-6-3-4-7(5)2/h1-5H,(H,7,8,9);2*3-4H,1-2H3. The molecule has 2 heterocycles. The third kappa shape index (κ3) is 6.76. The Morgan fingerprint density at radius 2 is 1.83 bits per heavy atom. The fourth-order valence-corrected chi connectivity index (χ4v) is 2.00.